The van der Waals surface area contributed by atoms with Crippen LogP contribution in [0.15, 0.2) is 24.3 Å². The highest BCUT2D eigenvalue weighted by molar-refractivity contribution is 5.96. The highest BCUT2D eigenvalue weighted by Gasteiger charge is 2.15. The third kappa shape index (κ3) is 3.55. The topological polar surface area (TPSA) is 43.8 Å². The van der Waals surface area contributed by atoms with E-state index in [2.05, 4.69) is 16.8 Å². The van der Waals surface area contributed by atoms with Crippen molar-refractivity contribution in [1.29, 1.82) is 0 Å². The van der Waals surface area contributed by atoms with Crippen molar-refractivity contribution in [2.45, 2.75) is 6.42 Å². The third-order valence-electron chi connectivity index (χ3n) is 3.44. The van der Waals surface area contributed by atoms with Crippen LogP contribution in [0.2, 0.25) is 0 Å². The maximum atomic E-state index is 11.9. The predicted molar refractivity (Wildman–Crippen MR) is 71.0 cm³/mol. The Hall–Kier alpha value is -1.39. The number of hydrogen-bond donors (Lipinski definition) is 1. The molecule has 0 saturated carbocycles. The Balaban J connectivity index is 1.79. The number of phenolic OH excluding ortho intramolecular Hbond substituents is 1. The van der Waals surface area contributed by atoms with Crippen LogP contribution < -0.4 is 0 Å². The number of likely N-dealkylation sites (N-methyl/N-ethyl adjacent to an activating group) is 1. The second-order valence-electron chi connectivity index (χ2n) is 4.86. The van der Waals surface area contributed by atoms with Crippen LogP contribution >= 0.6 is 0 Å². The summed E-state index contributed by atoms with van der Waals surface area (Å²) in [6.45, 7) is 5.06. The van der Waals surface area contributed by atoms with Gasteiger partial charge in [-0.3, -0.25) is 4.79 Å². The van der Waals surface area contributed by atoms with Gasteiger partial charge in [-0.2, -0.15) is 0 Å². The van der Waals surface area contributed by atoms with Gasteiger partial charge in [0.2, 0.25) is 0 Å². The molecule has 1 N–H and O–H groups in total. The number of hydrogen-bond acceptors (Lipinski definition) is 4. The molecule has 0 spiro atoms. The van der Waals surface area contributed by atoms with Crippen LogP contribution in [-0.2, 0) is 0 Å². The second-order valence-corrected chi connectivity index (χ2v) is 4.86. The Bertz CT molecular complexity index is 395. The summed E-state index contributed by atoms with van der Waals surface area (Å²) in [6, 6.07) is 6.48. The number of Topliss-reactive ketones (excluding diaryl/α,β-unsaturated/α-hetero) is 1. The van der Waals surface area contributed by atoms with Crippen molar-refractivity contribution >= 4 is 5.78 Å². The molecule has 98 valence electrons. The maximum absolute atomic E-state index is 11.9. The first kappa shape index (κ1) is 13.1. The molecule has 0 aromatic heterocycles. The molecule has 1 saturated heterocycles. The van der Waals surface area contributed by atoms with Gasteiger partial charge >= 0.3 is 0 Å². The van der Waals surface area contributed by atoms with Crippen molar-refractivity contribution in [2.75, 3.05) is 39.8 Å². The van der Waals surface area contributed by atoms with Crippen molar-refractivity contribution in [3.05, 3.63) is 29.8 Å². The van der Waals surface area contributed by atoms with E-state index in [-0.39, 0.29) is 11.5 Å². The van der Waals surface area contributed by atoms with Gasteiger partial charge in [-0.15, -0.1) is 0 Å². The summed E-state index contributed by atoms with van der Waals surface area (Å²) in [7, 11) is 2.12. The fraction of sp³-hybridized carbons (Fsp3) is 0.500. The largest absolute Gasteiger partial charge is 0.508 e. The normalized spacial score (nSPS) is 17.8. The number of aromatic hydroxyl groups is 1. The van der Waals surface area contributed by atoms with Crippen LogP contribution in [0, 0.1) is 0 Å². The van der Waals surface area contributed by atoms with Crippen molar-refractivity contribution in [3.8, 4) is 5.75 Å². The van der Waals surface area contributed by atoms with Gasteiger partial charge in [0.05, 0.1) is 0 Å². The van der Waals surface area contributed by atoms with E-state index in [1.54, 1.807) is 24.3 Å². The van der Waals surface area contributed by atoms with Crippen LogP contribution in [0.1, 0.15) is 16.8 Å². The van der Waals surface area contributed by atoms with E-state index in [1.807, 2.05) is 0 Å². The highest BCUT2D eigenvalue weighted by atomic mass is 16.3. The van der Waals surface area contributed by atoms with E-state index in [0.29, 0.717) is 12.0 Å². The minimum atomic E-state index is 0.147. The molecule has 1 fully saturated rings. The van der Waals surface area contributed by atoms with Gasteiger partial charge in [-0.25, -0.2) is 0 Å². The lowest BCUT2D eigenvalue weighted by atomic mass is 10.1. The van der Waals surface area contributed by atoms with Crippen LogP contribution in [0.3, 0.4) is 0 Å². The molecule has 4 nitrogen and oxygen atoms in total. The maximum Gasteiger partial charge on any atom is 0.164 e. The molecule has 18 heavy (non-hydrogen) atoms. The quantitative estimate of drug-likeness (QED) is 0.814. The molecule has 0 amide bonds. The molecule has 0 unspecified atom stereocenters. The van der Waals surface area contributed by atoms with Crippen LogP contribution in [-0.4, -0.2) is 60.5 Å². The fourth-order valence-corrected chi connectivity index (χ4v) is 2.12. The van der Waals surface area contributed by atoms with E-state index in [1.165, 1.54) is 0 Å². The zero-order chi connectivity index (χ0) is 13.0. The number of phenols is 1. The molecule has 1 aromatic carbocycles. The number of rotatable bonds is 4. The molecule has 0 bridgehead atoms. The van der Waals surface area contributed by atoms with Crippen LogP contribution in [0.4, 0.5) is 0 Å². The summed E-state index contributed by atoms with van der Waals surface area (Å²) in [4.78, 5) is 16.6. The lowest BCUT2D eigenvalue weighted by molar-refractivity contribution is 0.0942. The fourth-order valence-electron chi connectivity index (χ4n) is 2.12. The summed E-state index contributed by atoms with van der Waals surface area (Å²) < 4.78 is 0. The zero-order valence-corrected chi connectivity index (χ0v) is 10.8. The van der Waals surface area contributed by atoms with Gasteiger partial charge in [0.25, 0.3) is 0 Å². The molecule has 1 aliphatic heterocycles. The molecule has 2 rings (SSSR count). The van der Waals surface area contributed by atoms with Crippen molar-refractivity contribution in [3.63, 3.8) is 0 Å². The van der Waals surface area contributed by atoms with Crippen molar-refractivity contribution < 1.29 is 9.90 Å². The molecule has 0 atom stereocenters. The predicted octanol–water partition coefficient (Wildman–Crippen LogP) is 1.21. The minimum absolute atomic E-state index is 0.147. The summed E-state index contributed by atoms with van der Waals surface area (Å²) in [6.07, 6.45) is 0.550. The standard InChI is InChI=1S/C14H20N2O2/c1-15-8-10-16(11-9-15)7-6-14(18)12-2-4-13(17)5-3-12/h2-5,17H,6-11H2,1H3. The Morgan fingerprint density at radius 3 is 2.39 bits per heavy atom. The molecular formula is C14H20N2O2. The first-order valence-electron chi connectivity index (χ1n) is 6.38. The average Bonchev–Trinajstić information content (AvgIpc) is 2.38. The summed E-state index contributed by atoms with van der Waals surface area (Å²) in [5.74, 6) is 0.347. The zero-order valence-electron chi connectivity index (χ0n) is 10.8. The third-order valence-corrected chi connectivity index (χ3v) is 3.44. The second kappa shape index (κ2) is 5.98. The van der Waals surface area contributed by atoms with Gasteiger partial charge in [0.1, 0.15) is 5.75 Å². The average molecular weight is 248 g/mol. The van der Waals surface area contributed by atoms with Crippen molar-refractivity contribution in [1.82, 2.24) is 9.80 Å². The van der Waals surface area contributed by atoms with Crippen molar-refractivity contribution in [2.24, 2.45) is 0 Å². The Morgan fingerprint density at radius 1 is 1.17 bits per heavy atom. The van der Waals surface area contributed by atoms with Crippen LogP contribution in [0.25, 0.3) is 0 Å². The van der Waals surface area contributed by atoms with Crippen LogP contribution in [0.5, 0.6) is 5.75 Å². The van der Waals surface area contributed by atoms with Gasteiger partial charge in [-0.05, 0) is 31.3 Å². The van der Waals surface area contributed by atoms with E-state index in [4.69, 9.17) is 0 Å². The summed E-state index contributed by atoms with van der Waals surface area (Å²) >= 11 is 0. The van der Waals surface area contributed by atoms with E-state index >= 15 is 0 Å². The van der Waals surface area contributed by atoms with Gasteiger partial charge in [-0.1, -0.05) is 0 Å². The van der Waals surface area contributed by atoms with Gasteiger partial charge in [0, 0.05) is 44.7 Å². The Morgan fingerprint density at radius 2 is 1.78 bits per heavy atom. The molecule has 0 aliphatic carbocycles. The summed E-state index contributed by atoms with van der Waals surface area (Å²) in [5.41, 5.74) is 0.682. The molecule has 1 heterocycles. The SMILES string of the molecule is CN1CCN(CCC(=O)c2ccc(O)cc2)CC1. The monoisotopic (exact) mass is 248 g/mol. The lowest BCUT2D eigenvalue weighted by Gasteiger charge is -2.32. The van der Waals surface area contributed by atoms with E-state index in [0.717, 1.165) is 32.7 Å². The van der Waals surface area contributed by atoms with Gasteiger partial charge in [0.15, 0.2) is 5.78 Å². The first-order valence-corrected chi connectivity index (χ1v) is 6.38. The smallest absolute Gasteiger partial charge is 0.164 e. The highest BCUT2D eigenvalue weighted by Crippen LogP contribution is 2.12. The number of ketones is 1. The number of benzene rings is 1. The molecule has 1 aliphatic rings. The first-order chi connectivity index (χ1) is 8.65. The number of piperazine rings is 1. The lowest BCUT2D eigenvalue weighted by Crippen LogP contribution is -2.45. The Kier molecular flexibility index (Phi) is 4.33. The van der Waals surface area contributed by atoms with E-state index < -0.39 is 0 Å². The number of carbonyl (C=O) groups is 1. The van der Waals surface area contributed by atoms with Gasteiger partial charge < -0.3 is 14.9 Å². The number of nitrogens with zero attached hydrogens (tertiary/aromatic N) is 2. The number of carbonyl (C=O) groups excluding carboxylic acids is 1. The summed E-state index contributed by atoms with van der Waals surface area (Å²) in [5, 5.41) is 9.17. The molecule has 0 radical (unpaired) electrons. The van der Waals surface area contributed by atoms with E-state index in [9.17, 15) is 9.90 Å². The Labute approximate surface area is 108 Å². The molecule has 1 aromatic rings. The molecule has 4 heteroatoms. The molecular weight excluding hydrogens is 228 g/mol. The minimum Gasteiger partial charge on any atom is -0.508 e.